The van der Waals surface area contributed by atoms with Crippen molar-refractivity contribution in [1.82, 2.24) is 5.32 Å². The Kier molecular flexibility index (Phi) is 5.18. The minimum absolute atomic E-state index is 0.106. The Balaban J connectivity index is 2.20. The number of hydrogen-bond acceptors (Lipinski definition) is 4. The number of benzene rings is 2. The lowest BCUT2D eigenvalue weighted by atomic mass is 10.1. The molecule has 1 atom stereocenters. The fraction of sp³-hybridized carbons (Fsp3) is 0.188. The highest BCUT2D eigenvalue weighted by atomic mass is 35.5. The lowest BCUT2D eigenvalue weighted by Gasteiger charge is -2.15. The van der Waals surface area contributed by atoms with Crippen molar-refractivity contribution in [3.63, 3.8) is 0 Å². The van der Waals surface area contributed by atoms with E-state index in [1.165, 1.54) is 25.3 Å². The third-order valence-electron chi connectivity index (χ3n) is 3.33. The van der Waals surface area contributed by atoms with Gasteiger partial charge >= 0.3 is 5.69 Å². The Hall–Kier alpha value is -2.60. The molecule has 1 amide bonds. The summed E-state index contributed by atoms with van der Waals surface area (Å²) < 4.78 is 4.92. The highest BCUT2D eigenvalue weighted by Crippen LogP contribution is 2.27. The molecule has 0 bridgehead atoms. The molecular formula is C16H15ClN2O4. The molecule has 0 fully saturated rings. The zero-order chi connectivity index (χ0) is 17.0. The predicted molar refractivity (Wildman–Crippen MR) is 87.0 cm³/mol. The van der Waals surface area contributed by atoms with E-state index in [9.17, 15) is 14.9 Å². The average molecular weight is 335 g/mol. The molecule has 2 aromatic carbocycles. The molecule has 0 aliphatic rings. The van der Waals surface area contributed by atoms with Gasteiger partial charge in [-0.25, -0.2) is 0 Å². The molecule has 1 N–H and O–H groups in total. The molecule has 0 unspecified atom stereocenters. The number of nitro benzene ring substituents is 1. The summed E-state index contributed by atoms with van der Waals surface area (Å²) >= 11 is 5.93. The summed E-state index contributed by atoms with van der Waals surface area (Å²) in [6.07, 6.45) is 0. The van der Waals surface area contributed by atoms with Gasteiger partial charge in [0, 0.05) is 16.7 Å². The van der Waals surface area contributed by atoms with Gasteiger partial charge in [-0.15, -0.1) is 0 Å². The summed E-state index contributed by atoms with van der Waals surface area (Å²) in [6, 6.07) is 10.9. The number of hydrogen-bond donors (Lipinski definition) is 1. The van der Waals surface area contributed by atoms with E-state index in [4.69, 9.17) is 16.3 Å². The van der Waals surface area contributed by atoms with Crippen LogP contribution in [0.15, 0.2) is 42.5 Å². The number of methoxy groups -OCH3 is 1. The highest BCUT2D eigenvalue weighted by molar-refractivity contribution is 6.30. The minimum atomic E-state index is -0.587. The number of carbonyl (C=O) groups excluding carboxylic acids is 1. The summed E-state index contributed by atoms with van der Waals surface area (Å²) in [5.74, 6) is -0.308. The monoisotopic (exact) mass is 334 g/mol. The summed E-state index contributed by atoms with van der Waals surface area (Å²) in [4.78, 5) is 22.7. The van der Waals surface area contributed by atoms with E-state index in [1.807, 2.05) is 13.0 Å². The standard InChI is InChI=1S/C16H15ClN2O4/c1-10(11-4-3-5-13(17)8-11)18-16(20)12-6-7-15(23-2)14(9-12)19(21)22/h3-10H,1-2H3,(H,18,20)/t10-/m1/s1. The molecular weight excluding hydrogens is 320 g/mol. The van der Waals surface area contributed by atoms with Crippen molar-refractivity contribution in [2.45, 2.75) is 13.0 Å². The Morgan fingerprint density at radius 2 is 2.04 bits per heavy atom. The first-order valence-electron chi connectivity index (χ1n) is 6.81. The normalized spacial score (nSPS) is 11.6. The quantitative estimate of drug-likeness (QED) is 0.667. The molecule has 0 aromatic heterocycles. The number of amides is 1. The molecule has 0 saturated carbocycles. The van der Waals surface area contributed by atoms with Crippen molar-refractivity contribution in [3.8, 4) is 5.75 Å². The maximum Gasteiger partial charge on any atom is 0.311 e. The SMILES string of the molecule is COc1ccc(C(=O)N[C@H](C)c2cccc(Cl)c2)cc1[N+](=O)[O-]. The van der Waals surface area contributed by atoms with Crippen molar-refractivity contribution in [2.75, 3.05) is 7.11 Å². The van der Waals surface area contributed by atoms with E-state index >= 15 is 0 Å². The molecule has 0 heterocycles. The highest BCUT2D eigenvalue weighted by Gasteiger charge is 2.19. The second-order valence-electron chi connectivity index (χ2n) is 4.89. The Morgan fingerprint density at radius 3 is 2.65 bits per heavy atom. The Morgan fingerprint density at radius 1 is 1.30 bits per heavy atom. The number of rotatable bonds is 5. The molecule has 120 valence electrons. The lowest BCUT2D eigenvalue weighted by molar-refractivity contribution is -0.385. The second-order valence-corrected chi connectivity index (χ2v) is 5.33. The number of nitrogens with zero attached hydrogens (tertiary/aromatic N) is 1. The zero-order valence-corrected chi connectivity index (χ0v) is 13.3. The maximum atomic E-state index is 12.3. The van der Waals surface area contributed by atoms with Gasteiger partial charge in [-0.2, -0.15) is 0 Å². The first-order valence-corrected chi connectivity index (χ1v) is 7.19. The van der Waals surface area contributed by atoms with Crippen LogP contribution in [0.2, 0.25) is 5.02 Å². The van der Waals surface area contributed by atoms with Gasteiger partial charge in [0.2, 0.25) is 0 Å². The molecule has 0 saturated heterocycles. The third kappa shape index (κ3) is 3.98. The third-order valence-corrected chi connectivity index (χ3v) is 3.57. The Labute approximate surface area is 138 Å². The van der Waals surface area contributed by atoms with Crippen molar-refractivity contribution in [1.29, 1.82) is 0 Å². The van der Waals surface area contributed by atoms with E-state index < -0.39 is 10.8 Å². The van der Waals surface area contributed by atoms with Crippen LogP contribution in [0, 0.1) is 10.1 Å². The largest absolute Gasteiger partial charge is 0.490 e. The summed E-state index contributed by atoms with van der Waals surface area (Å²) in [7, 11) is 1.34. The second kappa shape index (κ2) is 7.11. The number of nitrogens with one attached hydrogen (secondary N) is 1. The topological polar surface area (TPSA) is 81.5 Å². The first kappa shape index (κ1) is 16.8. The van der Waals surface area contributed by atoms with Gasteiger partial charge in [-0.1, -0.05) is 23.7 Å². The van der Waals surface area contributed by atoms with Crippen LogP contribution >= 0.6 is 11.6 Å². The van der Waals surface area contributed by atoms with Crippen LogP contribution < -0.4 is 10.1 Å². The fourth-order valence-electron chi connectivity index (χ4n) is 2.11. The lowest BCUT2D eigenvalue weighted by Crippen LogP contribution is -2.26. The molecule has 6 nitrogen and oxygen atoms in total. The van der Waals surface area contributed by atoms with Crippen molar-refractivity contribution in [3.05, 3.63) is 68.7 Å². The van der Waals surface area contributed by atoms with Crippen LogP contribution in [0.5, 0.6) is 5.75 Å². The van der Waals surface area contributed by atoms with E-state index in [1.54, 1.807) is 18.2 Å². The minimum Gasteiger partial charge on any atom is -0.490 e. The fourth-order valence-corrected chi connectivity index (χ4v) is 2.31. The van der Waals surface area contributed by atoms with Gasteiger partial charge in [0.05, 0.1) is 18.1 Å². The zero-order valence-electron chi connectivity index (χ0n) is 12.6. The van der Waals surface area contributed by atoms with Crippen LogP contribution in [0.4, 0.5) is 5.69 Å². The molecule has 2 aromatic rings. The molecule has 0 aliphatic carbocycles. The predicted octanol–water partition coefficient (Wildman–Crippen LogP) is 3.75. The van der Waals surface area contributed by atoms with Crippen molar-refractivity contribution < 1.29 is 14.5 Å². The number of ether oxygens (including phenoxy) is 1. The molecule has 7 heteroatoms. The Bertz CT molecular complexity index is 749. The van der Waals surface area contributed by atoms with Crippen LogP contribution in [-0.2, 0) is 0 Å². The summed E-state index contributed by atoms with van der Waals surface area (Å²) in [6.45, 7) is 1.81. The smallest absolute Gasteiger partial charge is 0.311 e. The van der Waals surface area contributed by atoms with Gasteiger partial charge in [-0.3, -0.25) is 14.9 Å². The van der Waals surface area contributed by atoms with E-state index in [-0.39, 0.29) is 23.0 Å². The molecule has 0 radical (unpaired) electrons. The van der Waals surface area contributed by atoms with Gasteiger partial charge in [0.1, 0.15) is 0 Å². The van der Waals surface area contributed by atoms with Gasteiger partial charge in [0.25, 0.3) is 5.91 Å². The molecule has 0 aliphatic heterocycles. The maximum absolute atomic E-state index is 12.3. The van der Waals surface area contributed by atoms with Crippen LogP contribution in [0.25, 0.3) is 0 Å². The van der Waals surface area contributed by atoms with E-state index in [0.29, 0.717) is 5.02 Å². The van der Waals surface area contributed by atoms with Crippen LogP contribution in [0.1, 0.15) is 28.9 Å². The van der Waals surface area contributed by atoms with Crippen molar-refractivity contribution in [2.24, 2.45) is 0 Å². The summed E-state index contributed by atoms with van der Waals surface area (Å²) in [5, 5.41) is 14.4. The molecule has 0 spiro atoms. The number of nitro groups is 1. The van der Waals surface area contributed by atoms with Crippen LogP contribution in [-0.4, -0.2) is 17.9 Å². The van der Waals surface area contributed by atoms with Gasteiger partial charge in [0.15, 0.2) is 5.75 Å². The summed E-state index contributed by atoms with van der Waals surface area (Å²) in [5.41, 5.74) is 0.774. The first-order chi connectivity index (χ1) is 10.9. The van der Waals surface area contributed by atoms with Gasteiger partial charge < -0.3 is 10.1 Å². The van der Waals surface area contributed by atoms with Gasteiger partial charge in [-0.05, 0) is 36.8 Å². The molecule has 23 heavy (non-hydrogen) atoms. The number of carbonyl (C=O) groups is 1. The average Bonchev–Trinajstić information content (AvgIpc) is 2.54. The van der Waals surface area contributed by atoms with Crippen molar-refractivity contribution >= 4 is 23.2 Å². The number of halogens is 1. The van der Waals surface area contributed by atoms with E-state index in [0.717, 1.165) is 5.56 Å². The molecule has 2 rings (SSSR count). The van der Waals surface area contributed by atoms with E-state index in [2.05, 4.69) is 5.32 Å². The van der Waals surface area contributed by atoms with Crippen LogP contribution in [0.3, 0.4) is 0 Å².